The van der Waals surface area contributed by atoms with E-state index < -0.39 is 0 Å². The van der Waals surface area contributed by atoms with E-state index in [-0.39, 0.29) is 12.6 Å². The summed E-state index contributed by atoms with van der Waals surface area (Å²) in [6.45, 7) is 7.48. The topological polar surface area (TPSA) is 41.5 Å². The van der Waals surface area contributed by atoms with E-state index in [0.717, 1.165) is 13.0 Å². The summed E-state index contributed by atoms with van der Waals surface area (Å²) < 4.78 is 5.84. The van der Waals surface area contributed by atoms with E-state index in [1.54, 1.807) is 0 Å². The Hall–Kier alpha value is -0.120. The molecule has 0 heterocycles. The fourth-order valence-corrected chi connectivity index (χ4v) is 3.39. The third kappa shape index (κ3) is 2.25. The van der Waals surface area contributed by atoms with Crippen molar-refractivity contribution in [3.63, 3.8) is 0 Å². The first-order valence-corrected chi connectivity index (χ1v) is 7.12. The van der Waals surface area contributed by atoms with Crippen LogP contribution in [0.3, 0.4) is 0 Å². The van der Waals surface area contributed by atoms with Crippen LogP contribution in [-0.4, -0.2) is 36.5 Å². The van der Waals surface area contributed by atoms with Gasteiger partial charge in [0.05, 0.1) is 12.7 Å². The number of aliphatic hydroxyl groups is 1. The molecule has 0 aromatic carbocycles. The van der Waals surface area contributed by atoms with Crippen molar-refractivity contribution in [1.82, 2.24) is 5.32 Å². The van der Waals surface area contributed by atoms with Crippen LogP contribution in [0.2, 0.25) is 0 Å². The van der Waals surface area contributed by atoms with E-state index >= 15 is 0 Å². The van der Waals surface area contributed by atoms with Crippen LogP contribution in [-0.2, 0) is 4.74 Å². The second-order valence-electron chi connectivity index (χ2n) is 6.02. The molecule has 2 aliphatic carbocycles. The first-order valence-electron chi connectivity index (χ1n) is 7.12. The highest BCUT2D eigenvalue weighted by Gasteiger charge is 2.59. The smallest absolute Gasteiger partial charge is 0.0661 e. The van der Waals surface area contributed by atoms with Crippen molar-refractivity contribution in [3.05, 3.63) is 0 Å². The van der Waals surface area contributed by atoms with Crippen LogP contribution in [0.25, 0.3) is 0 Å². The fraction of sp³-hybridized carbons (Fsp3) is 1.00. The number of rotatable bonds is 6. The predicted molar refractivity (Wildman–Crippen MR) is 69.0 cm³/mol. The molecule has 2 N–H and O–H groups in total. The van der Waals surface area contributed by atoms with Gasteiger partial charge in [-0.15, -0.1) is 0 Å². The molecule has 3 nitrogen and oxygen atoms in total. The number of hydrogen-bond donors (Lipinski definition) is 2. The molecule has 0 amide bonds. The predicted octanol–water partition coefficient (Wildman–Crippen LogP) is 1.94. The van der Waals surface area contributed by atoms with E-state index in [2.05, 4.69) is 26.1 Å². The van der Waals surface area contributed by atoms with Crippen LogP contribution in [0.15, 0.2) is 0 Å². The lowest BCUT2D eigenvalue weighted by molar-refractivity contribution is -0.176. The third-order valence-corrected chi connectivity index (χ3v) is 4.85. The Bertz CT molecular complexity index is 251. The number of nitrogens with one attached hydrogen (secondary N) is 1. The minimum atomic E-state index is 0.236. The molecular weight excluding hydrogens is 214 g/mol. The molecule has 0 bridgehead atoms. The van der Waals surface area contributed by atoms with Crippen molar-refractivity contribution in [2.75, 3.05) is 13.2 Å². The summed E-state index contributed by atoms with van der Waals surface area (Å²) >= 11 is 0. The van der Waals surface area contributed by atoms with Gasteiger partial charge < -0.3 is 15.2 Å². The third-order valence-electron chi connectivity index (χ3n) is 4.85. The number of ether oxygens (including phenoxy) is 1. The standard InChI is InChI=1S/C14H27NO2/c1-4-17-13-8-12(14(13)6-5-7-14)15-11(9-16)10(2)3/h10-13,15-16H,4-9H2,1-3H3. The summed E-state index contributed by atoms with van der Waals surface area (Å²) in [5.74, 6) is 0.489. The van der Waals surface area contributed by atoms with Crippen molar-refractivity contribution >= 4 is 0 Å². The highest BCUT2D eigenvalue weighted by atomic mass is 16.5. The molecule has 2 rings (SSSR count). The van der Waals surface area contributed by atoms with Gasteiger partial charge in [0.25, 0.3) is 0 Å². The van der Waals surface area contributed by atoms with Gasteiger partial charge in [0, 0.05) is 24.1 Å². The van der Waals surface area contributed by atoms with E-state index in [1.165, 1.54) is 19.3 Å². The highest BCUT2D eigenvalue weighted by molar-refractivity contribution is 5.12. The van der Waals surface area contributed by atoms with Crippen molar-refractivity contribution in [3.8, 4) is 0 Å². The number of aliphatic hydroxyl groups excluding tert-OH is 1. The summed E-state index contributed by atoms with van der Waals surface area (Å²) in [5.41, 5.74) is 0.401. The fourth-order valence-electron chi connectivity index (χ4n) is 3.39. The Labute approximate surface area is 105 Å². The Balaban J connectivity index is 1.90. The molecule has 3 unspecified atom stereocenters. The molecule has 0 aromatic heterocycles. The zero-order valence-corrected chi connectivity index (χ0v) is 11.4. The van der Waals surface area contributed by atoms with E-state index in [0.29, 0.717) is 23.5 Å². The van der Waals surface area contributed by atoms with Gasteiger partial charge in [-0.1, -0.05) is 20.3 Å². The lowest BCUT2D eigenvalue weighted by Crippen LogP contribution is -2.68. The Morgan fingerprint density at radius 1 is 1.41 bits per heavy atom. The van der Waals surface area contributed by atoms with Crippen LogP contribution in [0, 0.1) is 11.3 Å². The molecule has 1 spiro atoms. The van der Waals surface area contributed by atoms with Crippen molar-refractivity contribution < 1.29 is 9.84 Å². The van der Waals surface area contributed by atoms with E-state index in [9.17, 15) is 5.11 Å². The molecule has 3 atom stereocenters. The molecule has 17 heavy (non-hydrogen) atoms. The first-order chi connectivity index (χ1) is 8.14. The summed E-state index contributed by atoms with van der Waals surface area (Å²) in [6.07, 6.45) is 5.52. The molecule has 3 heteroatoms. The van der Waals surface area contributed by atoms with E-state index in [4.69, 9.17) is 4.74 Å². The largest absolute Gasteiger partial charge is 0.395 e. The first kappa shape index (κ1) is 13.3. The van der Waals surface area contributed by atoms with Gasteiger partial charge in [0.15, 0.2) is 0 Å². The van der Waals surface area contributed by atoms with Gasteiger partial charge in [-0.2, -0.15) is 0 Å². The molecule has 2 saturated carbocycles. The van der Waals surface area contributed by atoms with Crippen LogP contribution >= 0.6 is 0 Å². The zero-order valence-electron chi connectivity index (χ0n) is 11.4. The second kappa shape index (κ2) is 5.25. The zero-order chi connectivity index (χ0) is 12.5. The molecule has 2 fully saturated rings. The summed E-state index contributed by atoms with van der Waals surface area (Å²) in [5, 5.41) is 13.1. The second-order valence-corrected chi connectivity index (χ2v) is 6.02. The molecule has 0 aromatic rings. The molecule has 2 aliphatic rings. The Kier molecular flexibility index (Phi) is 4.11. The lowest BCUT2D eigenvalue weighted by atomic mass is 9.51. The van der Waals surface area contributed by atoms with Gasteiger partial charge >= 0.3 is 0 Å². The molecule has 0 radical (unpaired) electrons. The average molecular weight is 241 g/mol. The van der Waals surface area contributed by atoms with Gasteiger partial charge in [0.2, 0.25) is 0 Å². The van der Waals surface area contributed by atoms with Crippen LogP contribution < -0.4 is 5.32 Å². The normalized spacial score (nSPS) is 32.3. The van der Waals surface area contributed by atoms with Gasteiger partial charge in [-0.05, 0) is 32.1 Å². The monoisotopic (exact) mass is 241 g/mol. The minimum absolute atomic E-state index is 0.236. The minimum Gasteiger partial charge on any atom is -0.395 e. The van der Waals surface area contributed by atoms with Crippen molar-refractivity contribution in [1.29, 1.82) is 0 Å². The summed E-state index contributed by atoms with van der Waals surface area (Å²) in [4.78, 5) is 0. The van der Waals surface area contributed by atoms with Crippen LogP contribution in [0.1, 0.15) is 46.5 Å². The van der Waals surface area contributed by atoms with Gasteiger partial charge in [-0.25, -0.2) is 0 Å². The van der Waals surface area contributed by atoms with Crippen LogP contribution in [0.4, 0.5) is 0 Å². The maximum absolute atomic E-state index is 9.40. The summed E-state index contributed by atoms with van der Waals surface area (Å²) in [6, 6.07) is 0.799. The molecule has 0 saturated heterocycles. The van der Waals surface area contributed by atoms with Crippen LogP contribution in [0.5, 0.6) is 0 Å². The molecule has 100 valence electrons. The maximum Gasteiger partial charge on any atom is 0.0661 e. The quantitative estimate of drug-likeness (QED) is 0.747. The molecule has 0 aliphatic heterocycles. The number of hydrogen-bond acceptors (Lipinski definition) is 3. The summed E-state index contributed by atoms with van der Waals surface area (Å²) in [7, 11) is 0. The lowest BCUT2D eigenvalue weighted by Gasteiger charge is -2.62. The Morgan fingerprint density at radius 3 is 2.53 bits per heavy atom. The molecular formula is C14H27NO2. The maximum atomic E-state index is 9.40. The van der Waals surface area contributed by atoms with Crippen molar-refractivity contribution in [2.45, 2.75) is 64.6 Å². The SMILES string of the molecule is CCOC1CC(NC(CO)C(C)C)C12CCC2. The van der Waals surface area contributed by atoms with Crippen molar-refractivity contribution in [2.24, 2.45) is 11.3 Å². The average Bonchev–Trinajstić information content (AvgIpc) is 2.19. The van der Waals surface area contributed by atoms with Gasteiger partial charge in [-0.3, -0.25) is 0 Å². The van der Waals surface area contributed by atoms with E-state index in [1.807, 2.05) is 0 Å². The van der Waals surface area contributed by atoms with Gasteiger partial charge in [0.1, 0.15) is 0 Å². The Morgan fingerprint density at radius 2 is 2.12 bits per heavy atom. The highest BCUT2D eigenvalue weighted by Crippen LogP contribution is 2.57.